The Morgan fingerprint density at radius 2 is 1.87 bits per heavy atom. The molecule has 1 aromatic heterocycles. The van der Waals surface area contributed by atoms with Crippen LogP contribution >= 0.6 is 27.5 Å². The molecule has 10 heteroatoms. The predicted molar refractivity (Wildman–Crippen MR) is 116 cm³/mol. The van der Waals surface area contributed by atoms with Crippen LogP contribution < -0.4 is 4.90 Å². The summed E-state index contributed by atoms with van der Waals surface area (Å²) in [6.07, 6.45) is -5.76. The molecular weight excluding hydrogens is 500 g/mol. The first-order chi connectivity index (χ1) is 14.6. The highest BCUT2D eigenvalue weighted by Gasteiger charge is 2.38. The second-order valence-corrected chi connectivity index (χ2v) is 8.73. The van der Waals surface area contributed by atoms with E-state index in [9.17, 15) is 17.6 Å². The molecule has 0 N–H and O–H groups in total. The van der Waals surface area contributed by atoms with Gasteiger partial charge in [-0.05, 0) is 29.3 Å². The molecule has 0 amide bonds. The number of fused-ring (bicyclic) bond motifs is 1. The molecule has 0 saturated carbocycles. The first-order valence-electron chi connectivity index (χ1n) is 9.50. The molecule has 4 nitrogen and oxygen atoms in total. The number of likely N-dealkylation sites (N-methyl/N-ethyl adjacent to an activating group) is 1. The maximum Gasteiger partial charge on any atom is 0.417 e. The van der Waals surface area contributed by atoms with Gasteiger partial charge in [0.05, 0.1) is 17.1 Å². The van der Waals surface area contributed by atoms with E-state index in [-0.39, 0.29) is 33.0 Å². The summed E-state index contributed by atoms with van der Waals surface area (Å²) in [5.41, 5.74) is 0.457. The van der Waals surface area contributed by atoms with Crippen molar-refractivity contribution in [2.24, 2.45) is 0 Å². The van der Waals surface area contributed by atoms with Crippen LogP contribution in [0.4, 0.5) is 23.4 Å². The van der Waals surface area contributed by atoms with Crippen LogP contribution in [-0.2, 0) is 12.7 Å². The number of aromatic nitrogens is 2. The zero-order valence-corrected chi connectivity index (χ0v) is 18.7. The lowest BCUT2D eigenvalue weighted by Gasteiger charge is -2.28. The Labute approximate surface area is 190 Å². The molecular formula is C21H18BrClF4N4. The topological polar surface area (TPSA) is 32.3 Å². The highest BCUT2D eigenvalue weighted by Crippen LogP contribution is 2.39. The van der Waals surface area contributed by atoms with E-state index in [0.29, 0.717) is 13.1 Å². The molecule has 3 aromatic rings. The predicted octanol–water partition coefficient (Wildman–Crippen LogP) is 5.72. The fourth-order valence-electron chi connectivity index (χ4n) is 3.91. The number of alkyl halides is 4. The van der Waals surface area contributed by atoms with Crippen molar-refractivity contribution in [3.05, 3.63) is 63.3 Å². The summed E-state index contributed by atoms with van der Waals surface area (Å²) in [6, 6.07) is 11.4. The van der Waals surface area contributed by atoms with Gasteiger partial charge in [-0.1, -0.05) is 46.3 Å². The normalized spacial score (nSPS) is 19.8. The largest absolute Gasteiger partial charge is 0.417 e. The van der Waals surface area contributed by atoms with E-state index in [4.69, 9.17) is 11.6 Å². The van der Waals surface area contributed by atoms with Crippen LogP contribution in [-0.4, -0.2) is 47.2 Å². The Hall–Kier alpha value is -1.97. The summed E-state index contributed by atoms with van der Waals surface area (Å²) in [6.45, 7) is 1.21. The van der Waals surface area contributed by atoms with Crippen molar-refractivity contribution < 1.29 is 17.6 Å². The summed E-state index contributed by atoms with van der Waals surface area (Å²) in [5, 5.41) is 0.0479. The number of anilines is 1. The van der Waals surface area contributed by atoms with Gasteiger partial charge in [0.2, 0.25) is 5.28 Å². The lowest BCUT2D eigenvalue weighted by atomic mass is 10.1. The van der Waals surface area contributed by atoms with Crippen molar-refractivity contribution in [3.63, 3.8) is 0 Å². The number of benzene rings is 2. The van der Waals surface area contributed by atoms with Crippen LogP contribution in [0.2, 0.25) is 5.28 Å². The van der Waals surface area contributed by atoms with Crippen molar-refractivity contribution in [3.8, 4) is 0 Å². The van der Waals surface area contributed by atoms with E-state index < -0.39 is 24.0 Å². The molecule has 31 heavy (non-hydrogen) atoms. The molecule has 0 unspecified atom stereocenters. The molecule has 0 spiro atoms. The summed E-state index contributed by atoms with van der Waals surface area (Å²) in [5.74, 6) is 0.169. The molecule has 0 aliphatic carbocycles. The van der Waals surface area contributed by atoms with Crippen LogP contribution in [0.5, 0.6) is 0 Å². The van der Waals surface area contributed by atoms with E-state index >= 15 is 0 Å². The fourth-order valence-corrected chi connectivity index (χ4v) is 4.63. The summed E-state index contributed by atoms with van der Waals surface area (Å²) in [4.78, 5) is 11.7. The van der Waals surface area contributed by atoms with Gasteiger partial charge >= 0.3 is 6.18 Å². The van der Waals surface area contributed by atoms with E-state index in [2.05, 4.69) is 25.9 Å². The molecule has 2 aromatic carbocycles. The highest BCUT2D eigenvalue weighted by atomic mass is 79.9. The molecule has 2 heterocycles. The smallest absolute Gasteiger partial charge is 0.352 e. The molecule has 1 aliphatic rings. The van der Waals surface area contributed by atoms with E-state index in [1.165, 1.54) is 6.07 Å². The molecule has 4 rings (SSSR count). The van der Waals surface area contributed by atoms with Crippen LogP contribution in [0, 0.1) is 0 Å². The Bertz CT molecular complexity index is 1100. The number of likely N-dealkylation sites (tertiary alicyclic amines) is 1. The first kappa shape index (κ1) is 22.2. The number of nitrogens with zero attached hydrogens (tertiary/aromatic N) is 4. The maximum absolute atomic E-state index is 15.0. The van der Waals surface area contributed by atoms with E-state index in [1.54, 1.807) is 11.9 Å². The van der Waals surface area contributed by atoms with Crippen molar-refractivity contribution in [2.75, 3.05) is 25.0 Å². The Morgan fingerprint density at radius 3 is 2.55 bits per heavy atom. The van der Waals surface area contributed by atoms with Gasteiger partial charge in [0.1, 0.15) is 12.0 Å². The van der Waals surface area contributed by atoms with Gasteiger partial charge in [0.15, 0.2) is 0 Å². The summed E-state index contributed by atoms with van der Waals surface area (Å²) >= 11 is 8.99. The van der Waals surface area contributed by atoms with Crippen LogP contribution in [0.25, 0.3) is 10.9 Å². The van der Waals surface area contributed by atoms with Gasteiger partial charge in [-0.3, -0.25) is 4.90 Å². The van der Waals surface area contributed by atoms with Gasteiger partial charge in [-0.2, -0.15) is 18.2 Å². The van der Waals surface area contributed by atoms with Gasteiger partial charge in [-0.25, -0.2) is 9.37 Å². The van der Waals surface area contributed by atoms with E-state index in [0.717, 1.165) is 11.6 Å². The van der Waals surface area contributed by atoms with Gasteiger partial charge < -0.3 is 4.90 Å². The minimum absolute atomic E-state index is 0.115. The lowest BCUT2D eigenvalue weighted by Crippen LogP contribution is -2.40. The molecule has 0 bridgehead atoms. The SMILES string of the molecule is CN(c1nc(Cl)nc2cc(Br)c(C(F)(F)F)cc12)[C@H]1CN(Cc2ccccc2)C[C@H]1F. The monoisotopic (exact) mass is 516 g/mol. The lowest BCUT2D eigenvalue weighted by molar-refractivity contribution is -0.138. The third kappa shape index (κ3) is 4.63. The molecule has 164 valence electrons. The number of rotatable bonds is 4. The van der Waals surface area contributed by atoms with Crippen LogP contribution in [0.1, 0.15) is 11.1 Å². The quantitative estimate of drug-likeness (QED) is 0.327. The average molecular weight is 518 g/mol. The van der Waals surface area contributed by atoms with Crippen molar-refractivity contribution in [2.45, 2.75) is 24.9 Å². The number of hydrogen-bond acceptors (Lipinski definition) is 4. The zero-order valence-electron chi connectivity index (χ0n) is 16.4. The zero-order chi connectivity index (χ0) is 22.3. The second-order valence-electron chi connectivity index (χ2n) is 7.54. The van der Waals surface area contributed by atoms with Crippen molar-refractivity contribution in [1.82, 2.24) is 14.9 Å². The Balaban J connectivity index is 1.67. The average Bonchev–Trinajstić information content (AvgIpc) is 3.06. The fraction of sp³-hybridized carbons (Fsp3) is 0.333. The molecule has 1 fully saturated rings. The Morgan fingerprint density at radius 1 is 1.16 bits per heavy atom. The number of halogens is 6. The van der Waals surface area contributed by atoms with Crippen molar-refractivity contribution >= 4 is 44.3 Å². The van der Waals surface area contributed by atoms with E-state index in [1.807, 2.05) is 35.2 Å². The molecule has 1 aliphatic heterocycles. The van der Waals surface area contributed by atoms with Gasteiger partial charge in [-0.15, -0.1) is 0 Å². The summed E-state index contributed by atoms with van der Waals surface area (Å²) < 4.78 is 55.1. The minimum atomic E-state index is -4.56. The van der Waals surface area contributed by atoms with Crippen LogP contribution in [0.3, 0.4) is 0 Å². The second kappa shape index (κ2) is 8.52. The molecule has 2 atom stereocenters. The highest BCUT2D eigenvalue weighted by molar-refractivity contribution is 9.10. The minimum Gasteiger partial charge on any atom is -0.352 e. The third-order valence-electron chi connectivity index (χ3n) is 5.42. The van der Waals surface area contributed by atoms with Crippen LogP contribution in [0.15, 0.2) is 46.9 Å². The number of hydrogen-bond donors (Lipinski definition) is 0. The maximum atomic E-state index is 15.0. The van der Waals surface area contributed by atoms with Gasteiger partial charge in [0, 0.05) is 36.5 Å². The molecule has 0 radical (unpaired) electrons. The third-order valence-corrected chi connectivity index (χ3v) is 6.24. The molecule has 1 saturated heterocycles. The standard InChI is InChI=1S/C21H18BrClF4N4/c1-30(18-11-31(10-16(18)24)9-12-5-3-2-4-6-12)19-13-7-14(21(25,26)27)15(22)8-17(13)28-20(23)29-19/h2-8,16,18H,9-11H2,1H3/t16-,18+/m1/s1. The van der Waals surface area contributed by atoms with Gasteiger partial charge in [0.25, 0.3) is 0 Å². The Kier molecular flexibility index (Phi) is 6.11. The summed E-state index contributed by atoms with van der Waals surface area (Å²) in [7, 11) is 1.62. The van der Waals surface area contributed by atoms with Crippen molar-refractivity contribution in [1.29, 1.82) is 0 Å². The first-order valence-corrected chi connectivity index (χ1v) is 10.7.